The molecule has 5 heteroatoms. The molecule has 0 aliphatic carbocycles. The standard InChI is InChI=1S/C12H14N2O3/c1-16-10-5-4-9-12(14-10)8(7-13-9)3-6-11(15)17-2/h4-5,7,13H,3,6H2,1-2H3. The molecule has 2 rings (SSSR count). The number of nitrogens with one attached hydrogen (secondary N) is 1. The summed E-state index contributed by atoms with van der Waals surface area (Å²) < 4.78 is 9.69. The average Bonchev–Trinajstić information content (AvgIpc) is 2.78. The lowest BCUT2D eigenvalue weighted by molar-refractivity contribution is -0.140. The number of hydrogen-bond donors (Lipinski definition) is 1. The van der Waals surface area contributed by atoms with Crippen LogP contribution in [0.1, 0.15) is 12.0 Å². The molecule has 0 aliphatic rings. The Bertz CT molecular complexity index is 534. The molecule has 0 amide bonds. The van der Waals surface area contributed by atoms with E-state index >= 15 is 0 Å². The highest BCUT2D eigenvalue weighted by atomic mass is 16.5. The smallest absolute Gasteiger partial charge is 0.305 e. The maximum absolute atomic E-state index is 11.1. The normalized spacial score (nSPS) is 10.5. The van der Waals surface area contributed by atoms with Gasteiger partial charge in [-0.2, -0.15) is 0 Å². The first kappa shape index (κ1) is 11.4. The van der Waals surface area contributed by atoms with E-state index in [-0.39, 0.29) is 5.97 Å². The first-order valence-corrected chi connectivity index (χ1v) is 5.32. The summed E-state index contributed by atoms with van der Waals surface area (Å²) in [6, 6.07) is 3.70. The van der Waals surface area contributed by atoms with Crippen LogP contribution in [0, 0.1) is 0 Å². The van der Waals surface area contributed by atoms with Crippen molar-refractivity contribution in [3.63, 3.8) is 0 Å². The van der Waals surface area contributed by atoms with Crippen LogP contribution in [0.15, 0.2) is 18.3 Å². The summed E-state index contributed by atoms with van der Waals surface area (Å²) in [6.45, 7) is 0. The Kier molecular flexibility index (Phi) is 3.27. The summed E-state index contributed by atoms with van der Waals surface area (Å²) in [5.74, 6) is 0.346. The Labute approximate surface area is 98.8 Å². The molecule has 0 aliphatic heterocycles. The van der Waals surface area contributed by atoms with Gasteiger partial charge in [-0.1, -0.05) is 0 Å². The van der Waals surface area contributed by atoms with Gasteiger partial charge >= 0.3 is 5.97 Å². The number of nitrogens with zero attached hydrogens (tertiary/aromatic N) is 1. The summed E-state index contributed by atoms with van der Waals surface area (Å²) in [5, 5.41) is 0. The topological polar surface area (TPSA) is 64.2 Å². The number of ether oxygens (including phenoxy) is 2. The minimum Gasteiger partial charge on any atom is -0.481 e. The van der Waals surface area contributed by atoms with Gasteiger partial charge in [0, 0.05) is 18.7 Å². The van der Waals surface area contributed by atoms with Crippen LogP contribution in [0.25, 0.3) is 11.0 Å². The van der Waals surface area contributed by atoms with Gasteiger partial charge in [0.05, 0.1) is 25.3 Å². The third-order valence-electron chi connectivity index (χ3n) is 2.61. The fourth-order valence-corrected chi connectivity index (χ4v) is 1.68. The summed E-state index contributed by atoms with van der Waals surface area (Å²) >= 11 is 0. The zero-order valence-electron chi connectivity index (χ0n) is 9.82. The molecular formula is C12H14N2O3. The van der Waals surface area contributed by atoms with Crippen molar-refractivity contribution in [3.05, 3.63) is 23.9 Å². The van der Waals surface area contributed by atoms with Crippen LogP contribution < -0.4 is 4.74 Å². The zero-order chi connectivity index (χ0) is 12.3. The van der Waals surface area contributed by atoms with E-state index < -0.39 is 0 Å². The molecule has 17 heavy (non-hydrogen) atoms. The van der Waals surface area contributed by atoms with Gasteiger partial charge in [-0.05, 0) is 18.1 Å². The van der Waals surface area contributed by atoms with Crippen molar-refractivity contribution in [3.8, 4) is 5.88 Å². The van der Waals surface area contributed by atoms with Crippen molar-refractivity contribution in [1.82, 2.24) is 9.97 Å². The quantitative estimate of drug-likeness (QED) is 0.817. The number of carbonyl (C=O) groups excluding carboxylic acids is 1. The van der Waals surface area contributed by atoms with Gasteiger partial charge in [0.1, 0.15) is 0 Å². The number of fused-ring (bicyclic) bond motifs is 1. The van der Waals surface area contributed by atoms with E-state index in [0.717, 1.165) is 16.6 Å². The van der Waals surface area contributed by atoms with Crippen molar-refractivity contribution in [2.75, 3.05) is 14.2 Å². The number of carbonyl (C=O) groups is 1. The number of pyridine rings is 1. The Hall–Kier alpha value is -2.04. The second kappa shape index (κ2) is 4.86. The lowest BCUT2D eigenvalue weighted by Gasteiger charge is -2.00. The number of hydrogen-bond acceptors (Lipinski definition) is 4. The van der Waals surface area contributed by atoms with Crippen LogP contribution in [-0.4, -0.2) is 30.2 Å². The molecule has 1 N–H and O–H groups in total. The molecule has 0 fully saturated rings. The summed E-state index contributed by atoms with van der Waals surface area (Å²) in [5.41, 5.74) is 2.77. The van der Waals surface area contributed by atoms with Crippen molar-refractivity contribution in [2.45, 2.75) is 12.8 Å². The lowest BCUT2D eigenvalue weighted by atomic mass is 10.1. The monoisotopic (exact) mass is 234 g/mol. The predicted molar refractivity (Wildman–Crippen MR) is 63.0 cm³/mol. The van der Waals surface area contributed by atoms with E-state index in [1.807, 2.05) is 12.3 Å². The largest absolute Gasteiger partial charge is 0.481 e. The van der Waals surface area contributed by atoms with Crippen molar-refractivity contribution >= 4 is 17.0 Å². The van der Waals surface area contributed by atoms with Gasteiger partial charge in [0.15, 0.2) is 0 Å². The maximum atomic E-state index is 11.1. The lowest BCUT2D eigenvalue weighted by Crippen LogP contribution is -2.01. The molecule has 0 unspecified atom stereocenters. The summed E-state index contributed by atoms with van der Waals surface area (Å²) in [6.07, 6.45) is 2.81. The van der Waals surface area contributed by atoms with Gasteiger partial charge in [0.25, 0.3) is 0 Å². The molecule has 0 bridgehead atoms. The van der Waals surface area contributed by atoms with Gasteiger partial charge < -0.3 is 14.5 Å². The zero-order valence-corrected chi connectivity index (χ0v) is 9.82. The highest BCUT2D eigenvalue weighted by Crippen LogP contribution is 2.20. The number of esters is 1. The fourth-order valence-electron chi connectivity index (χ4n) is 1.68. The summed E-state index contributed by atoms with van der Waals surface area (Å²) in [7, 11) is 2.97. The first-order chi connectivity index (χ1) is 8.24. The third kappa shape index (κ3) is 2.38. The van der Waals surface area contributed by atoms with Crippen LogP contribution >= 0.6 is 0 Å². The van der Waals surface area contributed by atoms with Gasteiger partial charge in [-0.15, -0.1) is 0 Å². The minimum absolute atomic E-state index is 0.220. The Morgan fingerprint density at radius 1 is 1.41 bits per heavy atom. The van der Waals surface area contributed by atoms with E-state index in [1.54, 1.807) is 13.2 Å². The molecule has 0 atom stereocenters. The van der Waals surface area contributed by atoms with Gasteiger partial charge in [0.2, 0.25) is 5.88 Å². The van der Waals surface area contributed by atoms with Crippen LogP contribution in [0.4, 0.5) is 0 Å². The predicted octanol–water partition coefficient (Wildman–Crippen LogP) is 1.68. The molecule has 0 saturated carbocycles. The summed E-state index contributed by atoms with van der Waals surface area (Å²) in [4.78, 5) is 18.6. The molecule has 2 heterocycles. The van der Waals surface area contributed by atoms with Gasteiger partial charge in [-0.3, -0.25) is 4.79 Å². The van der Waals surface area contributed by atoms with Crippen molar-refractivity contribution in [1.29, 1.82) is 0 Å². The molecule has 2 aromatic heterocycles. The second-order valence-corrected chi connectivity index (χ2v) is 3.64. The molecule has 90 valence electrons. The molecule has 0 spiro atoms. The molecule has 5 nitrogen and oxygen atoms in total. The molecule has 0 saturated heterocycles. The number of methoxy groups -OCH3 is 2. The van der Waals surface area contributed by atoms with Crippen LogP contribution in [0.5, 0.6) is 5.88 Å². The number of aromatic nitrogens is 2. The van der Waals surface area contributed by atoms with Crippen molar-refractivity contribution < 1.29 is 14.3 Å². The SMILES string of the molecule is COC(=O)CCc1c[nH]c2ccc(OC)nc12. The minimum atomic E-state index is -0.220. The van der Waals surface area contributed by atoms with Gasteiger partial charge in [-0.25, -0.2) is 4.98 Å². The van der Waals surface area contributed by atoms with E-state index in [1.165, 1.54) is 7.11 Å². The van der Waals surface area contributed by atoms with E-state index in [2.05, 4.69) is 14.7 Å². The van der Waals surface area contributed by atoms with E-state index in [9.17, 15) is 4.79 Å². The fraction of sp³-hybridized carbons (Fsp3) is 0.333. The Balaban J connectivity index is 2.25. The van der Waals surface area contributed by atoms with Crippen LogP contribution in [0.3, 0.4) is 0 Å². The molecule has 0 aromatic carbocycles. The number of aryl methyl sites for hydroxylation is 1. The van der Waals surface area contributed by atoms with E-state index in [4.69, 9.17) is 4.74 Å². The Morgan fingerprint density at radius 3 is 2.94 bits per heavy atom. The highest BCUT2D eigenvalue weighted by molar-refractivity contribution is 5.80. The number of rotatable bonds is 4. The number of H-pyrrole nitrogens is 1. The van der Waals surface area contributed by atoms with Crippen LogP contribution in [0.2, 0.25) is 0 Å². The van der Waals surface area contributed by atoms with Crippen molar-refractivity contribution in [2.24, 2.45) is 0 Å². The molecule has 0 radical (unpaired) electrons. The highest BCUT2D eigenvalue weighted by Gasteiger charge is 2.09. The molecular weight excluding hydrogens is 220 g/mol. The van der Waals surface area contributed by atoms with E-state index in [0.29, 0.717) is 18.7 Å². The van der Waals surface area contributed by atoms with Crippen LogP contribution in [-0.2, 0) is 16.0 Å². The second-order valence-electron chi connectivity index (χ2n) is 3.64. The first-order valence-electron chi connectivity index (χ1n) is 5.32. The third-order valence-corrected chi connectivity index (χ3v) is 2.61. The molecule has 2 aromatic rings. The Morgan fingerprint density at radius 2 is 2.24 bits per heavy atom. The maximum Gasteiger partial charge on any atom is 0.305 e. The number of aromatic amines is 1. The average molecular weight is 234 g/mol.